The number of benzene rings is 1. The molecule has 2 aromatic rings. The molecule has 2 heterocycles. The predicted octanol–water partition coefficient (Wildman–Crippen LogP) is 3.16. The molecule has 0 spiro atoms. The molecule has 1 amide bonds. The SMILES string of the molecule is O=C(c1ccccc1-c1ncccn1)N1CCCCCC1. The molecule has 1 aliphatic heterocycles. The molecule has 3 rings (SSSR count). The van der Waals surface area contributed by atoms with Crippen LogP contribution in [0.4, 0.5) is 0 Å². The van der Waals surface area contributed by atoms with Crippen molar-refractivity contribution in [2.45, 2.75) is 25.7 Å². The average Bonchev–Trinajstić information content (AvgIpc) is 2.84. The van der Waals surface area contributed by atoms with Crippen LogP contribution in [0.1, 0.15) is 36.0 Å². The fraction of sp³-hybridized carbons (Fsp3) is 0.353. The van der Waals surface area contributed by atoms with Gasteiger partial charge >= 0.3 is 0 Å². The number of rotatable bonds is 2. The summed E-state index contributed by atoms with van der Waals surface area (Å²) in [6, 6.07) is 9.39. The summed E-state index contributed by atoms with van der Waals surface area (Å²) >= 11 is 0. The zero-order valence-corrected chi connectivity index (χ0v) is 12.0. The molecule has 1 aliphatic rings. The molecule has 0 N–H and O–H groups in total. The number of likely N-dealkylation sites (tertiary alicyclic amines) is 1. The Morgan fingerprint density at radius 1 is 0.905 bits per heavy atom. The van der Waals surface area contributed by atoms with Gasteiger partial charge in [0.1, 0.15) is 0 Å². The number of hydrogen-bond donors (Lipinski definition) is 0. The smallest absolute Gasteiger partial charge is 0.254 e. The van der Waals surface area contributed by atoms with Crippen LogP contribution in [0.2, 0.25) is 0 Å². The van der Waals surface area contributed by atoms with Crippen LogP contribution >= 0.6 is 0 Å². The van der Waals surface area contributed by atoms with Crippen LogP contribution in [-0.4, -0.2) is 33.9 Å². The first-order valence-corrected chi connectivity index (χ1v) is 7.52. The van der Waals surface area contributed by atoms with Gasteiger partial charge in [-0.15, -0.1) is 0 Å². The van der Waals surface area contributed by atoms with E-state index in [1.165, 1.54) is 12.8 Å². The van der Waals surface area contributed by atoms with E-state index < -0.39 is 0 Å². The number of carbonyl (C=O) groups excluding carboxylic acids is 1. The van der Waals surface area contributed by atoms with Crippen LogP contribution in [0.3, 0.4) is 0 Å². The van der Waals surface area contributed by atoms with Crippen molar-refractivity contribution in [1.29, 1.82) is 0 Å². The van der Waals surface area contributed by atoms with E-state index in [9.17, 15) is 4.79 Å². The standard InChI is InChI=1S/C17H19N3O/c21-17(20-12-5-1-2-6-13-20)15-9-4-3-8-14(15)16-18-10-7-11-19-16/h3-4,7-11H,1-2,5-6,12-13H2. The zero-order valence-electron chi connectivity index (χ0n) is 12.0. The van der Waals surface area contributed by atoms with Gasteiger partial charge in [0.15, 0.2) is 5.82 Å². The molecule has 0 atom stereocenters. The van der Waals surface area contributed by atoms with Gasteiger partial charge < -0.3 is 4.90 Å². The Morgan fingerprint density at radius 2 is 1.57 bits per heavy atom. The summed E-state index contributed by atoms with van der Waals surface area (Å²) in [5, 5.41) is 0. The summed E-state index contributed by atoms with van der Waals surface area (Å²) < 4.78 is 0. The van der Waals surface area contributed by atoms with Gasteiger partial charge in [0.25, 0.3) is 5.91 Å². The van der Waals surface area contributed by atoms with Gasteiger partial charge in [0.2, 0.25) is 0 Å². The van der Waals surface area contributed by atoms with Crippen molar-refractivity contribution in [2.75, 3.05) is 13.1 Å². The Morgan fingerprint density at radius 3 is 2.29 bits per heavy atom. The number of nitrogens with zero attached hydrogens (tertiary/aromatic N) is 3. The zero-order chi connectivity index (χ0) is 14.5. The molecule has 0 unspecified atom stereocenters. The molecule has 0 saturated carbocycles. The second kappa shape index (κ2) is 6.48. The molecule has 1 aromatic heterocycles. The minimum absolute atomic E-state index is 0.0972. The van der Waals surface area contributed by atoms with E-state index >= 15 is 0 Å². The van der Waals surface area contributed by atoms with Crippen molar-refractivity contribution in [3.63, 3.8) is 0 Å². The Kier molecular flexibility index (Phi) is 4.24. The summed E-state index contributed by atoms with van der Waals surface area (Å²) in [6.07, 6.45) is 8.02. The van der Waals surface area contributed by atoms with E-state index in [0.29, 0.717) is 11.4 Å². The third-order valence-electron chi connectivity index (χ3n) is 3.86. The predicted molar refractivity (Wildman–Crippen MR) is 81.8 cm³/mol. The van der Waals surface area contributed by atoms with Gasteiger partial charge in [-0.05, 0) is 25.0 Å². The molecular weight excluding hydrogens is 262 g/mol. The van der Waals surface area contributed by atoms with Crippen LogP contribution in [0, 0.1) is 0 Å². The lowest BCUT2D eigenvalue weighted by Gasteiger charge is -2.21. The van der Waals surface area contributed by atoms with Gasteiger partial charge in [-0.1, -0.05) is 31.0 Å². The Bertz CT molecular complexity index is 604. The van der Waals surface area contributed by atoms with Gasteiger partial charge in [-0.2, -0.15) is 0 Å². The molecule has 4 nitrogen and oxygen atoms in total. The minimum atomic E-state index is 0.0972. The Hall–Kier alpha value is -2.23. The highest BCUT2D eigenvalue weighted by Gasteiger charge is 2.20. The van der Waals surface area contributed by atoms with Crippen molar-refractivity contribution in [3.8, 4) is 11.4 Å². The quantitative estimate of drug-likeness (QED) is 0.849. The summed E-state index contributed by atoms with van der Waals surface area (Å²) in [7, 11) is 0. The minimum Gasteiger partial charge on any atom is -0.339 e. The second-order valence-corrected chi connectivity index (χ2v) is 5.32. The van der Waals surface area contributed by atoms with Crippen LogP contribution in [0.5, 0.6) is 0 Å². The van der Waals surface area contributed by atoms with Crippen molar-refractivity contribution >= 4 is 5.91 Å². The molecular formula is C17H19N3O. The molecule has 0 aliphatic carbocycles. The first-order chi connectivity index (χ1) is 10.4. The molecule has 0 radical (unpaired) electrons. The molecule has 1 saturated heterocycles. The summed E-state index contributed by atoms with van der Waals surface area (Å²) in [5.74, 6) is 0.705. The number of amides is 1. The van der Waals surface area contributed by atoms with E-state index in [2.05, 4.69) is 9.97 Å². The van der Waals surface area contributed by atoms with Gasteiger partial charge in [-0.25, -0.2) is 9.97 Å². The lowest BCUT2D eigenvalue weighted by molar-refractivity contribution is 0.0762. The maximum atomic E-state index is 12.8. The van der Waals surface area contributed by atoms with Crippen molar-refractivity contribution in [3.05, 3.63) is 48.3 Å². The van der Waals surface area contributed by atoms with Crippen LogP contribution in [0.15, 0.2) is 42.7 Å². The maximum Gasteiger partial charge on any atom is 0.254 e. The third-order valence-corrected chi connectivity index (χ3v) is 3.86. The Labute approximate surface area is 124 Å². The molecule has 4 heteroatoms. The lowest BCUT2D eigenvalue weighted by Crippen LogP contribution is -2.32. The van der Waals surface area contributed by atoms with Gasteiger partial charge in [-0.3, -0.25) is 4.79 Å². The van der Waals surface area contributed by atoms with E-state index in [-0.39, 0.29) is 5.91 Å². The average molecular weight is 281 g/mol. The monoisotopic (exact) mass is 281 g/mol. The van der Waals surface area contributed by atoms with Gasteiger partial charge in [0, 0.05) is 31.0 Å². The first kappa shape index (κ1) is 13.7. The highest BCUT2D eigenvalue weighted by atomic mass is 16.2. The first-order valence-electron chi connectivity index (χ1n) is 7.52. The fourth-order valence-corrected chi connectivity index (χ4v) is 2.75. The van der Waals surface area contributed by atoms with Crippen LogP contribution < -0.4 is 0 Å². The van der Waals surface area contributed by atoms with Crippen molar-refractivity contribution < 1.29 is 4.79 Å². The molecule has 21 heavy (non-hydrogen) atoms. The van der Waals surface area contributed by atoms with E-state index in [1.54, 1.807) is 18.5 Å². The lowest BCUT2D eigenvalue weighted by atomic mass is 10.1. The molecule has 0 bridgehead atoms. The maximum absolute atomic E-state index is 12.8. The van der Waals surface area contributed by atoms with E-state index in [0.717, 1.165) is 31.5 Å². The summed E-state index contributed by atoms with van der Waals surface area (Å²) in [4.78, 5) is 23.3. The molecule has 1 aromatic carbocycles. The van der Waals surface area contributed by atoms with Crippen molar-refractivity contribution in [2.24, 2.45) is 0 Å². The summed E-state index contributed by atoms with van der Waals surface area (Å²) in [6.45, 7) is 1.70. The topological polar surface area (TPSA) is 46.1 Å². The molecule has 1 fully saturated rings. The highest BCUT2D eigenvalue weighted by molar-refractivity contribution is 6.00. The largest absolute Gasteiger partial charge is 0.339 e. The number of hydrogen-bond acceptors (Lipinski definition) is 3. The van der Waals surface area contributed by atoms with Crippen molar-refractivity contribution in [1.82, 2.24) is 14.9 Å². The highest BCUT2D eigenvalue weighted by Crippen LogP contribution is 2.22. The molecule has 108 valence electrons. The van der Waals surface area contributed by atoms with Crippen LogP contribution in [0.25, 0.3) is 11.4 Å². The second-order valence-electron chi connectivity index (χ2n) is 5.32. The third kappa shape index (κ3) is 3.10. The van der Waals surface area contributed by atoms with Gasteiger partial charge in [0.05, 0.1) is 5.56 Å². The normalized spacial score (nSPS) is 15.5. The summed E-state index contributed by atoms with van der Waals surface area (Å²) in [5.41, 5.74) is 1.51. The number of aromatic nitrogens is 2. The van der Waals surface area contributed by atoms with Crippen LogP contribution in [-0.2, 0) is 0 Å². The fourth-order valence-electron chi connectivity index (χ4n) is 2.75. The number of carbonyl (C=O) groups is 1. The Balaban J connectivity index is 1.93. The van der Waals surface area contributed by atoms with E-state index in [4.69, 9.17) is 0 Å². The van der Waals surface area contributed by atoms with E-state index in [1.807, 2.05) is 29.2 Å².